The summed E-state index contributed by atoms with van der Waals surface area (Å²) in [5, 5.41) is 17.2. The van der Waals surface area contributed by atoms with Gasteiger partial charge in [0.1, 0.15) is 5.82 Å². The van der Waals surface area contributed by atoms with Crippen molar-refractivity contribution in [3.05, 3.63) is 99.3 Å². The van der Waals surface area contributed by atoms with Crippen LogP contribution < -0.4 is 10.6 Å². The average Bonchev–Trinajstić information content (AvgIpc) is 2.98. The van der Waals surface area contributed by atoms with Gasteiger partial charge in [0.2, 0.25) is 12.1 Å². The molecule has 0 spiro atoms. The smallest absolute Gasteiger partial charge is 0.269 e. The Morgan fingerprint density at radius 3 is 2.36 bits per heavy atom. The van der Waals surface area contributed by atoms with E-state index >= 15 is 0 Å². The zero-order chi connectivity index (χ0) is 26.0. The lowest BCUT2D eigenvalue weighted by Crippen LogP contribution is -2.45. The van der Waals surface area contributed by atoms with Crippen molar-refractivity contribution < 1.29 is 19.1 Å². The normalized spacial score (nSPS) is 16.9. The molecule has 3 aromatic rings. The number of aliphatic hydroxyl groups excluding tert-OH is 1. The van der Waals surface area contributed by atoms with Crippen LogP contribution in [-0.2, 0) is 9.59 Å². The molecule has 3 atom stereocenters. The summed E-state index contributed by atoms with van der Waals surface area (Å²) in [7, 11) is 0. The lowest BCUT2D eigenvalue weighted by Gasteiger charge is -2.25. The largest absolute Gasteiger partial charge is 0.387 e. The van der Waals surface area contributed by atoms with E-state index in [-0.39, 0.29) is 10.9 Å². The molecule has 0 saturated carbocycles. The van der Waals surface area contributed by atoms with E-state index in [1.165, 1.54) is 36.4 Å². The van der Waals surface area contributed by atoms with Crippen molar-refractivity contribution in [2.75, 3.05) is 5.32 Å². The van der Waals surface area contributed by atoms with Gasteiger partial charge < -0.3 is 15.7 Å². The number of nitrogens with one attached hydrogen (secondary N) is 2. The fourth-order valence-electron chi connectivity index (χ4n) is 4.10. The Bertz CT molecular complexity index is 1330. The van der Waals surface area contributed by atoms with Crippen LogP contribution in [0.1, 0.15) is 42.6 Å². The van der Waals surface area contributed by atoms with Crippen LogP contribution in [0.15, 0.2) is 71.7 Å². The number of carbonyl (C=O) groups is 2. The maximum atomic E-state index is 13.6. The van der Waals surface area contributed by atoms with Crippen LogP contribution in [-0.4, -0.2) is 28.8 Å². The molecule has 4 rings (SSSR count). The fourth-order valence-corrected chi connectivity index (χ4v) is 4.41. The number of benzodiazepines with no additional fused rings is 1. The number of hydrogen-bond donors (Lipinski definition) is 3. The molecule has 6 nitrogen and oxygen atoms in total. The molecule has 0 unspecified atom stereocenters. The summed E-state index contributed by atoms with van der Waals surface area (Å²) in [5.41, 5.74) is 2.69. The number of amides is 2. The number of anilines is 1. The number of fused-ring (bicyclic) bond motifs is 1. The van der Waals surface area contributed by atoms with Gasteiger partial charge in [-0.3, -0.25) is 14.6 Å². The van der Waals surface area contributed by atoms with Gasteiger partial charge in [-0.15, -0.1) is 0 Å². The number of carbonyl (C=O) groups excluding carboxylic acids is 2. The van der Waals surface area contributed by atoms with E-state index in [4.69, 9.17) is 23.2 Å². The molecule has 0 saturated heterocycles. The summed E-state index contributed by atoms with van der Waals surface area (Å²) in [6, 6.07) is 17.0. The van der Waals surface area contributed by atoms with Crippen LogP contribution in [0.4, 0.5) is 10.1 Å². The predicted octanol–water partition coefficient (Wildman–Crippen LogP) is 5.49. The monoisotopic (exact) mass is 527 g/mol. The number of halogens is 3. The summed E-state index contributed by atoms with van der Waals surface area (Å²) < 4.78 is 13.6. The van der Waals surface area contributed by atoms with Crippen LogP contribution >= 0.6 is 23.2 Å². The van der Waals surface area contributed by atoms with E-state index in [0.717, 1.165) is 5.56 Å². The lowest BCUT2D eigenvalue weighted by molar-refractivity contribution is -0.129. The third-order valence-electron chi connectivity index (χ3n) is 5.92. The van der Waals surface area contributed by atoms with Crippen LogP contribution in [0.2, 0.25) is 10.0 Å². The summed E-state index contributed by atoms with van der Waals surface area (Å²) in [6.45, 7) is 3.89. The SMILES string of the molecule is CC(C)C1=N[C@H](NC(=O)[C@H](c2ccc(F)cc2)[C@@H](O)c2ccc(Cl)c(Cl)c2)C(=O)Nc2ccccc21. The van der Waals surface area contributed by atoms with E-state index in [0.29, 0.717) is 27.5 Å². The Kier molecular flexibility index (Phi) is 7.73. The predicted molar refractivity (Wildman–Crippen MR) is 139 cm³/mol. The second-order valence-electron chi connectivity index (χ2n) is 8.76. The van der Waals surface area contributed by atoms with E-state index in [2.05, 4.69) is 15.6 Å². The highest BCUT2D eigenvalue weighted by Crippen LogP contribution is 2.35. The minimum atomic E-state index is -1.37. The molecule has 0 aromatic heterocycles. The van der Waals surface area contributed by atoms with Crippen molar-refractivity contribution in [1.29, 1.82) is 0 Å². The number of rotatable bonds is 6. The number of para-hydroxylation sites is 1. The second-order valence-corrected chi connectivity index (χ2v) is 9.58. The van der Waals surface area contributed by atoms with Crippen molar-refractivity contribution in [2.45, 2.75) is 32.0 Å². The van der Waals surface area contributed by atoms with Crippen molar-refractivity contribution in [2.24, 2.45) is 10.9 Å². The Hall–Kier alpha value is -3.26. The van der Waals surface area contributed by atoms with Crippen LogP contribution in [0.3, 0.4) is 0 Å². The maximum absolute atomic E-state index is 13.6. The first kappa shape index (κ1) is 25.8. The van der Waals surface area contributed by atoms with Crippen LogP contribution in [0.25, 0.3) is 0 Å². The maximum Gasteiger partial charge on any atom is 0.269 e. The number of nitrogens with zero attached hydrogens (tertiary/aromatic N) is 1. The van der Waals surface area contributed by atoms with Crippen molar-refractivity contribution >= 4 is 46.4 Å². The standard InChI is InChI=1S/C27H24Cl2FN3O3/c1-14(2)23-18-5-3-4-6-21(18)31-27(36)25(32-23)33-26(35)22(15-7-10-17(30)11-8-15)24(34)16-9-12-19(28)20(29)13-16/h3-14,22,24-25,34H,1-2H3,(H,31,36)(H,33,35)/t22-,24+,25-/m1/s1. The van der Waals surface area contributed by atoms with Gasteiger partial charge in [0.05, 0.1) is 22.1 Å². The lowest BCUT2D eigenvalue weighted by atomic mass is 9.88. The molecule has 0 bridgehead atoms. The highest BCUT2D eigenvalue weighted by Gasteiger charge is 2.34. The van der Waals surface area contributed by atoms with Gasteiger partial charge in [-0.05, 0) is 47.4 Å². The summed E-state index contributed by atoms with van der Waals surface area (Å²) in [6.07, 6.45) is -2.61. The van der Waals surface area contributed by atoms with Crippen LogP contribution in [0, 0.1) is 11.7 Å². The van der Waals surface area contributed by atoms with E-state index < -0.39 is 35.8 Å². The van der Waals surface area contributed by atoms with E-state index in [1.807, 2.05) is 26.0 Å². The molecule has 2 amide bonds. The Labute approximate surface area is 218 Å². The van der Waals surface area contributed by atoms with Gasteiger partial charge in [0.15, 0.2) is 0 Å². The summed E-state index contributed by atoms with van der Waals surface area (Å²) in [5.74, 6) is -2.91. The van der Waals surface area contributed by atoms with Crippen molar-refractivity contribution in [3.8, 4) is 0 Å². The first-order chi connectivity index (χ1) is 17.2. The quantitative estimate of drug-likeness (QED) is 0.395. The molecular formula is C27H24Cl2FN3O3. The minimum absolute atomic E-state index is 0.0343. The molecule has 36 heavy (non-hydrogen) atoms. The molecule has 1 aliphatic heterocycles. The third-order valence-corrected chi connectivity index (χ3v) is 6.65. The average molecular weight is 528 g/mol. The Morgan fingerprint density at radius 2 is 1.69 bits per heavy atom. The zero-order valence-corrected chi connectivity index (χ0v) is 21.0. The van der Waals surface area contributed by atoms with Gasteiger partial charge in [-0.1, -0.05) is 73.4 Å². The van der Waals surface area contributed by atoms with Crippen molar-refractivity contribution in [1.82, 2.24) is 5.32 Å². The number of aliphatic imine (C=N–C) groups is 1. The second kappa shape index (κ2) is 10.8. The molecule has 3 aromatic carbocycles. The summed E-state index contributed by atoms with van der Waals surface area (Å²) >= 11 is 12.1. The zero-order valence-electron chi connectivity index (χ0n) is 19.5. The van der Waals surface area contributed by atoms with Crippen LogP contribution in [0.5, 0.6) is 0 Å². The number of benzene rings is 3. The Balaban J connectivity index is 1.70. The molecular weight excluding hydrogens is 504 g/mol. The van der Waals surface area contributed by atoms with Gasteiger partial charge in [-0.25, -0.2) is 4.39 Å². The fraction of sp³-hybridized carbons (Fsp3) is 0.222. The first-order valence-electron chi connectivity index (χ1n) is 11.3. The first-order valence-corrected chi connectivity index (χ1v) is 12.1. The third kappa shape index (κ3) is 5.43. The van der Waals surface area contributed by atoms with Gasteiger partial charge in [0, 0.05) is 17.0 Å². The Morgan fingerprint density at radius 1 is 1.03 bits per heavy atom. The molecule has 1 aliphatic rings. The van der Waals surface area contributed by atoms with E-state index in [9.17, 15) is 19.1 Å². The summed E-state index contributed by atoms with van der Waals surface area (Å²) in [4.78, 5) is 31.2. The van der Waals surface area contributed by atoms with Gasteiger partial charge >= 0.3 is 0 Å². The number of hydrogen-bond acceptors (Lipinski definition) is 4. The molecule has 0 aliphatic carbocycles. The molecule has 9 heteroatoms. The number of aliphatic hydroxyl groups is 1. The minimum Gasteiger partial charge on any atom is -0.387 e. The molecule has 186 valence electrons. The van der Waals surface area contributed by atoms with Crippen molar-refractivity contribution in [3.63, 3.8) is 0 Å². The van der Waals surface area contributed by atoms with Gasteiger partial charge in [-0.2, -0.15) is 0 Å². The molecule has 0 radical (unpaired) electrons. The molecule has 3 N–H and O–H groups in total. The van der Waals surface area contributed by atoms with E-state index in [1.54, 1.807) is 18.2 Å². The molecule has 0 fully saturated rings. The topological polar surface area (TPSA) is 90.8 Å². The highest BCUT2D eigenvalue weighted by molar-refractivity contribution is 6.42. The molecule has 1 heterocycles. The highest BCUT2D eigenvalue weighted by atomic mass is 35.5. The van der Waals surface area contributed by atoms with Gasteiger partial charge in [0.25, 0.3) is 5.91 Å².